The number of aryl methyl sites for hydroxylation is 2. The van der Waals surface area contributed by atoms with Gasteiger partial charge in [-0.25, -0.2) is 4.98 Å². The fourth-order valence-corrected chi connectivity index (χ4v) is 3.57. The molecule has 2 rings (SSSR count). The third kappa shape index (κ3) is 3.23. The summed E-state index contributed by atoms with van der Waals surface area (Å²) in [6.45, 7) is 3.80. The van der Waals surface area contributed by atoms with E-state index in [0.29, 0.717) is 0 Å². The minimum absolute atomic E-state index is 0.0179. The first-order chi connectivity index (χ1) is 8.58. The fraction of sp³-hybridized carbons (Fsp3) is 0.692. The molecule has 1 heterocycles. The van der Waals surface area contributed by atoms with Crippen molar-refractivity contribution in [2.75, 3.05) is 0 Å². The molecule has 0 bridgehead atoms. The molecule has 1 aromatic heterocycles. The highest BCUT2D eigenvalue weighted by atomic mass is 35.5. The summed E-state index contributed by atoms with van der Waals surface area (Å²) in [7, 11) is 0. The molecule has 2 atom stereocenters. The van der Waals surface area contributed by atoms with Crippen molar-refractivity contribution in [2.24, 2.45) is 0 Å². The summed E-state index contributed by atoms with van der Waals surface area (Å²) in [6.07, 6.45) is 5.51. The van der Waals surface area contributed by atoms with Crippen LogP contribution in [0.25, 0.3) is 0 Å². The zero-order valence-electron chi connectivity index (χ0n) is 10.8. The minimum Gasteiger partial charge on any atom is -0.347 e. The smallest absolute Gasteiger partial charge is 0.263 e. The van der Waals surface area contributed by atoms with Crippen molar-refractivity contribution in [1.82, 2.24) is 10.3 Å². The van der Waals surface area contributed by atoms with Crippen molar-refractivity contribution >= 4 is 28.8 Å². The van der Waals surface area contributed by atoms with Gasteiger partial charge >= 0.3 is 0 Å². The van der Waals surface area contributed by atoms with Gasteiger partial charge in [0, 0.05) is 6.04 Å². The van der Waals surface area contributed by atoms with Crippen LogP contribution >= 0.6 is 22.9 Å². The molecule has 18 heavy (non-hydrogen) atoms. The lowest BCUT2D eigenvalue weighted by Gasteiger charge is -2.20. The topological polar surface area (TPSA) is 42.0 Å². The van der Waals surface area contributed by atoms with Gasteiger partial charge < -0.3 is 5.32 Å². The lowest BCUT2D eigenvalue weighted by atomic mass is 10.1. The second-order valence-electron chi connectivity index (χ2n) is 4.88. The van der Waals surface area contributed by atoms with E-state index in [1.54, 1.807) is 0 Å². The van der Waals surface area contributed by atoms with Crippen molar-refractivity contribution < 1.29 is 4.79 Å². The first kappa shape index (κ1) is 13.8. The monoisotopic (exact) mass is 286 g/mol. The van der Waals surface area contributed by atoms with Gasteiger partial charge in [0.1, 0.15) is 4.88 Å². The molecule has 2 unspecified atom stereocenters. The fourth-order valence-electron chi connectivity index (χ4n) is 2.40. The maximum absolute atomic E-state index is 12.2. The number of amides is 1. The highest BCUT2D eigenvalue weighted by Gasteiger charge is 2.25. The first-order valence-corrected chi connectivity index (χ1v) is 7.72. The summed E-state index contributed by atoms with van der Waals surface area (Å²) in [5.41, 5.74) is 0.815. The molecule has 1 amide bonds. The minimum atomic E-state index is -0.0179. The Balaban J connectivity index is 2.04. The molecule has 0 aliphatic heterocycles. The Morgan fingerprint density at radius 1 is 1.33 bits per heavy atom. The normalized spacial score (nSPS) is 24.6. The molecule has 1 N–H and O–H groups in total. The average Bonchev–Trinajstić information content (AvgIpc) is 2.52. The molecule has 1 saturated carbocycles. The number of nitrogens with one attached hydrogen (secondary N) is 1. The number of alkyl halides is 1. The van der Waals surface area contributed by atoms with Gasteiger partial charge in [0.05, 0.1) is 16.1 Å². The Kier molecular flexibility index (Phi) is 4.62. The van der Waals surface area contributed by atoms with Crippen LogP contribution in [0.1, 0.15) is 52.5 Å². The van der Waals surface area contributed by atoms with E-state index in [4.69, 9.17) is 11.6 Å². The van der Waals surface area contributed by atoms with Gasteiger partial charge in [-0.05, 0) is 26.7 Å². The number of hydrogen-bond acceptors (Lipinski definition) is 3. The van der Waals surface area contributed by atoms with Gasteiger partial charge in [-0.15, -0.1) is 22.9 Å². The Labute approximate surface area is 117 Å². The molecule has 5 heteroatoms. The number of carbonyl (C=O) groups excluding carboxylic acids is 1. The standard InChI is InChI=1S/C13H19ClN2OS/c1-8-12(18-9(2)15-8)13(17)16-11-7-5-3-4-6-10(11)14/h10-11H,3-7H2,1-2H3,(H,16,17). The van der Waals surface area contributed by atoms with E-state index >= 15 is 0 Å². The Morgan fingerprint density at radius 3 is 2.72 bits per heavy atom. The van der Waals surface area contributed by atoms with E-state index in [-0.39, 0.29) is 17.3 Å². The summed E-state index contributed by atoms with van der Waals surface area (Å²) in [4.78, 5) is 17.2. The summed E-state index contributed by atoms with van der Waals surface area (Å²) in [5.74, 6) is -0.0179. The van der Waals surface area contributed by atoms with Crippen molar-refractivity contribution in [2.45, 2.75) is 57.4 Å². The molecule has 1 fully saturated rings. The zero-order valence-corrected chi connectivity index (χ0v) is 12.4. The van der Waals surface area contributed by atoms with E-state index in [9.17, 15) is 4.79 Å². The van der Waals surface area contributed by atoms with Crippen molar-refractivity contribution in [1.29, 1.82) is 0 Å². The van der Waals surface area contributed by atoms with E-state index in [2.05, 4.69) is 10.3 Å². The predicted molar refractivity (Wildman–Crippen MR) is 75.6 cm³/mol. The van der Waals surface area contributed by atoms with Gasteiger partial charge in [-0.3, -0.25) is 4.79 Å². The second kappa shape index (κ2) is 6.02. The highest BCUT2D eigenvalue weighted by molar-refractivity contribution is 7.13. The van der Waals surface area contributed by atoms with E-state index in [1.165, 1.54) is 24.2 Å². The van der Waals surface area contributed by atoms with Crippen LogP contribution in [0.5, 0.6) is 0 Å². The van der Waals surface area contributed by atoms with Crippen molar-refractivity contribution in [3.8, 4) is 0 Å². The predicted octanol–water partition coefficient (Wildman–Crippen LogP) is 3.43. The third-order valence-corrected chi connectivity index (χ3v) is 4.95. The molecular formula is C13H19ClN2OS. The molecule has 100 valence electrons. The molecular weight excluding hydrogens is 268 g/mol. The van der Waals surface area contributed by atoms with Crippen molar-refractivity contribution in [3.63, 3.8) is 0 Å². The van der Waals surface area contributed by atoms with Crippen molar-refractivity contribution in [3.05, 3.63) is 15.6 Å². The Hall–Kier alpha value is -0.610. The number of rotatable bonds is 2. The summed E-state index contributed by atoms with van der Waals surface area (Å²) >= 11 is 7.79. The molecule has 0 aromatic carbocycles. The quantitative estimate of drug-likeness (QED) is 0.668. The van der Waals surface area contributed by atoms with Crippen LogP contribution < -0.4 is 5.32 Å². The maximum atomic E-state index is 12.2. The third-order valence-electron chi connectivity index (χ3n) is 3.36. The SMILES string of the molecule is Cc1nc(C)c(C(=O)NC2CCCCCC2Cl)s1. The molecule has 0 spiro atoms. The summed E-state index contributed by atoms with van der Waals surface area (Å²) in [6, 6.07) is 0.100. The number of aromatic nitrogens is 1. The lowest BCUT2D eigenvalue weighted by Crippen LogP contribution is -2.40. The van der Waals surface area contributed by atoms with Gasteiger partial charge in [-0.1, -0.05) is 19.3 Å². The van der Waals surface area contributed by atoms with Gasteiger partial charge in [0.15, 0.2) is 0 Å². The molecule has 1 aliphatic carbocycles. The van der Waals surface area contributed by atoms with Gasteiger partial charge in [0.2, 0.25) is 0 Å². The number of halogens is 1. The average molecular weight is 287 g/mol. The number of hydrogen-bond donors (Lipinski definition) is 1. The maximum Gasteiger partial charge on any atom is 0.263 e. The van der Waals surface area contributed by atoms with Crippen LogP contribution in [0, 0.1) is 13.8 Å². The van der Waals surface area contributed by atoms with Crippen LogP contribution in [0.2, 0.25) is 0 Å². The van der Waals surface area contributed by atoms with Crippen LogP contribution in [0.15, 0.2) is 0 Å². The van der Waals surface area contributed by atoms with Crippen LogP contribution in [0.4, 0.5) is 0 Å². The largest absolute Gasteiger partial charge is 0.347 e. The Bertz CT molecular complexity index is 433. The van der Waals surface area contributed by atoms with Crippen LogP contribution in [-0.2, 0) is 0 Å². The molecule has 0 radical (unpaired) electrons. The van der Waals surface area contributed by atoms with E-state index in [1.807, 2.05) is 13.8 Å². The highest BCUT2D eigenvalue weighted by Crippen LogP contribution is 2.23. The van der Waals surface area contributed by atoms with Crippen LogP contribution in [-0.4, -0.2) is 22.3 Å². The Morgan fingerprint density at radius 2 is 2.06 bits per heavy atom. The number of nitrogens with zero attached hydrogens (tertiary/aromatic N) is 1. The van der Waals surface area contributed by atoms with E-state index in [0.717, 1.165) is 34.8 Å². The second-order valence-corrected chi connectivity index (χ2v) is 6.65. The van der Waals surface area contributed by atoms with E-state index < -0.39 is 0 Å². The molecule has 0 saturated heterocycles. The van der Waals surface area contributed by atoms with Gasteiger partial charge in [0.25, 0.3) is 5.91 Å². The molecule has 3 nitrogen and oxygen atoms in total. The summed E-state index contributed by atoms with van der Waals surface area (Å²) < 4.78 is 0. The van der Waals surface area contributed by atoms with Crippen LogP contribution in [0.3, 0.4) is 0 Å². The number of thiazole rings is 1. The lowest BCUT2D eigenvalue weighted by molar-refractivity contribution is 0.0937. The zero-order chi connectivity index (χ0) is 13.1. The first-order valence-electron chi connectivity index (χ1n) is 6.47. The number of carbonyl (C=O) groups is 1. The molecule has 1 aromatic rings. The molecule has 1 aliphatic rings. The van der Waals surface area contributed by atoms with Gasteiger partial charge in [-0.2, -0.15) is 0 Å². The summed E-state index contributed by atoms with van der Waals surface area (Å²) in [5, 5.41) is 4.07.